The van der Waals surface area contributed by atoms with Gasteiger partial charge in [-0.3, -0.25) is 9.80 Å². The predicted molar refractivity (Wildman–Crippen MR) is 171 cm³/mol. The standard InChI is InChI=1S/C36H64N2O2/c1-5-7-9-11-13-15-17-19-21-23-25-31-33-27-37(3)30-40-36(33)32(34-28-38(4)29-39-35(31)34)26-24-22-20-18-16-14-12-10-8-6-2/h5-30H2,1-4H3. The summed E-state index contributed by atoms with van der Waals surface area (Å²) in [5.74, 6) is 2.43. The summed E-state index contributed by atoms with van der Waals surface area (Å²) in [7, 11) is 4.37. The minimum atomic E-state index is 0.700. The molecule has 0 saturated carbocycles. The molecule has 0 bridgehead atoms. The van der Waals surface area contributed by atoms with E-state index in [1.54, 1.807) is 0 Å². The van der Waals surface area contributed by atoms with Crippen LogP contribution < -0.4 is 9.47 Å². The average Bonchev–Trinajstić information content (AvgIpc) is 2.95. The monoisotopic (exact) mass is 556 g/mol. The van der Waals surface area contributed by atoms with E-state index in [4.69, 9.17) is 9.47 Å². The van der Waals surface area contributed by atoms with E-state index in [9.17, 15) is 0 Å². The number of ether oxygens (including phenoxy) is 2. The van der Waals surface area contributed by atoms with Crippen molar-refractivity contribution in [3.63, 3.8) is 0 Å². The lowest BCUT2D eigenvalue weighted by molar-refractivity contribution is 0.106. The first-order valence-corrected chi connectivity index (χ1v) is 17.5. The quantitative estimate of drug-likeness (QED) is 0.133. The van der Waals surface area contributed by atoms with Gasteiger partial charge in [-0.25, -0.2) is 0 Å². The van der Waals surface area contributed by atoms with Crippen LogP contribution in [0.15, 0.2) is 0 Å². The SMILES string of the molecule is CCCCCCCCCCCCc1c2c(c(CCCCCCCCCCCC)c3c1OCN(C)C3)OCN(C)C2. The van der Waals surface area contributed by atoms with E-state index < -0.39 is 0 Å². The zero-order chi connectivity index (χ0) is 28.4. The van der Waals surface area contributed by atoms with Crippen molar-refractivity contribution in [2.45, 2.75) is 168 Å². The highest BCUT2D eigenvalue weighted by atomic mass is 16.5. The van der Waals surface area contributed by atoms with Crippen molar-refractivity contribution in [1.29, 1.82) is 0 Å². The Hall–Kier alpha value is -1.26. The van der Waals surface area contributed by atoms with Crippen LogP contribution in [-0.2, 0) is 25.9 Å². The van der Waals surface area contributed by atoms with E-state index in [0.29, 0.717) is 13.5 Å². The number of hydrogen-bond donors (Lipinski definition) is 0. The molecule has 4 nitrogen and oxygen atoms in total. The molecule has 0 fully saturated rings. The molecule has 1 aromatic rings. The van der Waals surface area contributed by atoms with E-state index in [2.05, 4.69) is 37.7 Å². The lowest BCUT2D eigenvalue weighted by atomic mass is 9.88. The normalized spacial score (nSPS) is 15.5. The Morgan fingerprint density at radius 1 is 0.450 bits per heavy atom. The van der Waals surface area contributed by atoms with Crippen molar-refractivity contribution in [3.8, 4) is 11.5 Å². The highest BCUT2D eigenvalue weighted by Crippen LogP contribution is 2.44. The number of nitrogens with zero attached hydrogens (tertiary/aromatic N) is 2. The molecule has 230 valence electrons. The lowest BCUT2D eigenvalue weighted by Gasteiger charge is -2.36. The van der Waals surface area contributed by atoms with Gasteiger partial charge in [0.2, 0.25) is 0 Å². The van der Waals surface area contributed by atoms with Crippen molar-refractivity contribution < 1.29 is 9.47 Å². The van der Waals surface area contributed by atoms with E-state index in [1.807, 2.05) is 0 Å². The molecule has 1 aromatic carbocycles. The molecule has 0 atom stereocenters. The molecule has 40 heavy (non-hydrogen) atoms. The Morgan fingerprint density at radius 3 is 1.07 bits per heavy atom. The average molecular weight is 557 g/mol. The van der Waals surface area contributed by atoms with Gasteiger partial charge in [-0.1, -0.05) is 129 Å². The smallest absolute Gasteiger partial charge is 0.142 e. The van der Waals surface area contributed by atoms with Gasteiger partial charge in [0, 0.05) is 35.3 Å². The Balaban J connectivity index is 1.55. The fourth-order valence-corrected chi connectivity index (χ4v) is 6.68. The lowest BCUT2D eigenvalue weighted by Crippen LogP contribution is -2.34. The maximum Gasteiger partial charge on any atom is 0.142 e. The second-order valence-electron chi connectivity index (χ2n) is 13.0. The Kier molecular flexibility index (Phi) is 16.4. The molecule has 0 saturated heterocycles. The predicted octanol–water partition coefficient (Wildman–Crippen LogP) is 10.2. The third kappa shape index (κ3) is 11.2. The van der Waals surface area contributed by atoms with Gasteiger partial charge in [-0.05, 0) is 39.8 Å². The van der Waals surface area contributed by atoms with E-state index in [0.717, 1.165) is 25.9 Å². The molecule has 2 aliphatic rings. The third-order valence-electron chi connectivity index (χ3n) is 9.10. The van der Waals surface area contributed by atoms with Crippen LogP contribution in [0.25, 0.3) is 0 Å². The van der Waals surface area contributed by atoms with E-state index in [-0.39, 0.29) is 0 Å². The van der Waals surface area contributed by atoms with Gasteiger partial charge in [0.15, 0.2) is 0 Å². The van der Waals surface area contributed by atoms with Crippen LogP contribution in [-0.4, -0.2) is 37.4 Å². The largest absolute Gasteiger partial charge is 0.477 e. The fraction of sp³-hybridized carbons (Fsp3) is 0.833. The fourth-order valence-electron chi connectivity index (χ4n) is 6.68. The number of benzene rings is 1. The van der Waals surface area contributed by atoms with Crippen LogP contribution >= 0.6 is 0 Å². The molecule has 0 N–H and O–H groups in total. The summed E-state index contributed by atoms with van der Waals surface area (Å²) in [4.78, 5) is 4.63. The van der Waals surface area contributed by atoms with Crippen LogP contribution in [0.4, 0.5) is 0 Å². The van der Waals surface area contributed by atoms with E-state index >= 15 is 0 Å². The van der Waals surface area contributed by atoms with Crippen molar-refractivity contribution in [1.82, 2.24) is 9.80 Å². The van der Waals surface area contributed by atoms with Crippen molar-refractivity contribution in [2.75, 3.05) is 27.6 Å². The summed E-state index contributed by atoms with van der Waals surface area (Å²) >= 11 is 0. The summed E-state index contributed by atoms with van der Waals surface area (Å²) in [6.45, 7) is 7.97. The molecular formula is C36H64N2O2. The first kappa shape index (κ1) is 33.2. The van der Waals surface area contributed by atoms with Crippen LogP contribution in [0.3, 0.4) is 0 Å². The van der Waals surface area contributed by atoms with Gasteiger partial charge < -0.3 is 9.47 Å². The van der Waals surface area contributed by atoms with Crippen molar-refractivity contribution in [2.24, 2.45) is 0 Å². The topological polar surface area (TPSA) is 24.9 Å². The third-order valence-corrected chi connectivity index (χ3v) is 9.10. The zero-order valence-corrected chi connectivity index (χ0v) is 27.1. The minimum Gasteiger partial charge on any atom is -0.477 e. The molecule has 2 aliphatic heterocycles. The molecule has 0 radical (unpaired) electrons. The Labute approximate surface area is 248 Å². The van der Waals surface area contributed by atoms with Crippen molar-refractivity contribution in [3.05, 3.63) is 22.3 Å². The molecule has 0 spiro atoms. The highest BCUT2D eigenvalue weighted by Gasteiger charge is 2.31. The van der Waals surface area contributed by atoms with Gasteiger partial charge in [0.05, 0.1) is 0 Å². The maximum absolute atomic E-state index is 6.50. The van der Waals surface area contributed by atoms with Gasteiger partial charge in [0.25, 0.3) is 0 Å². The molecule has 2 heterocycles. The first-order chi connectivity index (χ1) is 19.7. The summed E-state index contributed by atoms with van der Waals surface area (Å²) in [6, 6.07) is 0. The summed E-state index contributed by atoms with van der Waals surface area (Å²) < 4.78 is 13.0. The van der Waals surface area contributed by atoms with Gasteiger partial charge >= 0.3 is 0 Å². The Morgan fingerprint density at radius 2 is 0.750 bits per heavy atom. The molecule has 4 heteroatoms. The van der Waals surface area contributed by atoms with Crippen LogP contribution in [0, 0.1) is 0 Å². The van der Waals surface area contributed by atoms with E-state index in [1.165, 1.54) is 162 Å². The Bertz CT molecular complexity index is 756. The second kappa shape index (κ2) is 19.8. The number of fused-ring (bicyclic) bond motifs is 2. The summed E-state index contributed by atoms with van der Waals surface area (Å²) in [5.41, 5.74) is 5.76. The molecule has 0 aromatic heterocycles. The molecule has 0 aliphatic carbocycles. The number of rotatable bonds is 22. The maximum atomic E-state index is 6.50. The van der Waals surface area contributed by atoms with Gasteiger partial charge in [0.1, 0.15) is 25.0 Å². The first-order valence-electron chi connectivity index (χ1n) is 17.5. The zero-order valence-electron chi connectivity index (χ0n) is 27.1. The van der Waals surface area contributed by atoms with Crippen LogP contribution in [0.2, 0.25) is 0 Å². The number of hydrogen-bond acceptors (Lipinski definition) is 4. The van der Waals surface area contributed by atoms with Gasteiger partial charge in [-0.15, -0.1) is 0 Å². The highest BCUT2D eigenvalue weighted by molar-refractivity contribution is 5.60. The summed E-state index contributed by atoms with van der Waals surface area (Å²) in [5, 5.41) is 0. The van der Waals surface area contributed by atoms with Crippen LogP contribution in [0.1, 0.15) is 165 Å². The molecule has 0 unspecified atom stereocenters. The molecule has 3 rings (SSSR count). The van der Waals surface area contributed by atoms with Crippen molar-refractivity contribution >= 4 is 0 Å². The number of unbranched alkanes of at least 4 members (excludes halogenated alkanes) is 18. The van der Waals surface area contributed by atoms with Gasteiger partial charge in [-0.2, -0.15) is 0 Å². The summed E-state index contributed by atoms with van der Waals surface area (Å²) in [6.07, 6.45) is 29.8. The molecular weight excluding hydrogens is 492 g/mol. The second-order valence-corrected chi connectivity index (χ2v) is 13.0. The minimum absolute atomic E-state index is 0.700. The molecule has 0 amide bonds. The van der Waals surface area contributed by atoms with Crippen LogP contribution in [0.5, 0.6) is 11.5 Å².